The first-order valence-electron chi connectivity index (χ1n) is 5.76. The third-order valence-electron chi connectivity index (χ3n) is 2.95. The monoisotopic (exact) mass is 281 g/mol. The largest absolute Gasteiger partial charge is 0.495 e. The van der Waals surface area contributed by atoms with Crippen LogP contribution in [0.2, 0.25) is 5.02 Å². The molecule has 0 saturated carbocycles. The van der Waals surface area contributed by atoms with Crippen LogP contribution in [0.1, 0.15) is 17.2 Å². The van der Waals surface area contributed by atoms with Crippen LogP contribution < -0.4 is 10.1 Å². The Kier molecular flexibility index (Phi) is 4.64. The lowest BCUT2D eigenvalue weighted by molar-refractivity contribution is 0.413. The van der Waals surface area contributed by atoms with Crippen molar-refractivity contribution in [3.05, 3.63) is 51.2 Å². The molecule has 4 heteroatoms. The lowest BCUT2D eigenvalue weighted by Gasteiger charge is -2.17. The third kappa shape index (κ3) is 3.05. The molecule has 1 unspecified atom stereocenters. The van der Waals surface area contributed by atoms with Crippen molar-refractivity contribution in [1.82, 2.24) is 5.32 Å². The molecule has 1 heterocycles. The average molecular weight is 282 g/mol. The molecule has 96 valence electrons. The summed E-state index contributed by atoms with van der Waals surface area (Å²) in [7, 11) is 3.61. The van der Waals surface area contributed by atoms with E-state index in [-0.39, 0.29) is 6.04 Å². The maximum Gasteiger partial charge on any atom is 0.137 e. The summed E-state index contributed by atoms with van der Waals surface area (Å²) in [6.45, 7) is 0. The molecule has 2 rings (SSSR count). The number of ether oxygens (including phenoxy) is 1. The highest BCUT2D eigenvalue weighted by Gasteiger charge is 2.12. The first kappa shape index (κ1) is 13.4. The standard InChI is InChI=1S/C14H16ClNOS/c1-16-13(7-10-5-6-18-9-10)11-3-4-12(15)14(8-11)17-2/h3-6,8-9,13,16H,7H2,1-2H3. The van der Waals surface area contributed by atoms with Crippen molar-refractivity contribution in [3.8, 4) is 5.75 Å². The molecule has 0 spiro atoms. The number of likely N-dealkylation sites (N-methyl/N-ethyl adjacent to an activating group) is 1. The molecule has 0 aliphatic heterocycles. The summed E-state index contributed by atoms with van der Waals surface area (Å²) in [5, 5.41) is 8.26. The van der Waals surface area contributed by atoms with Gasteiger partial charge in [0.15, 0.2) is 0 Å². The van der Waals surface area contributed by atoms with Crippen LogP contribution in [0, 0.1) is 0 Å². The van der Waals surface area contributed by atoms with E-state index in [0.29, 0.717) is 5.02 Å². The molecule has 0 saturated heterocycles. The van der Waals surface area contributed by atoms with Gasteiger partial charge in [-0.25, -0.2) is 0 Å². The van der Waals surface area contributed by atoms with Gasteiger partial charge in [0, 0.05) is 6.04 Å². The second kappa shape index (κ2) is 6.23. The zero-order valence-electron chi connectivity index (χ0n) is 10.4. The minimum Gasteiger partial charge on any atom is -0.495 e. The number of nitrogens with one attached hydrogen (secondary N) is 1. The van der Waals surface area contributed by atoms with Gasteiger partial charge in [-0.2, -0.15) is 11.3 Å². The molecule has 2 nitrogen and oxygen atoms in total. The smallest absolute Gasteiger partial charge is 0.137 e. The summed E-state index contributed by atoms with van der Waals surface area (Å²) in [4.78, 5) is 0. The molecule has 1 aromatic heterocycles. The molecule has 0 bridgehead atoms. The van der Waals surface area contributed by atoms with Gasteiger partial charge in [0.2, 0.25) is 0 Å². The number of hydrogen-bond acceptors (Lipinski definition) is 3. The van der Waals surface area contributed by atoms with Gasteiger partial charge in [-0.1, -0.05) is 17.7 Å². The number of methoxy groups -OCH3 is 1. The van der Waals surface area contributed by atoms with Gasteiger partial charge in [0.25, 0.3) is 0 Å². The molecular formula is C14H16ClNOS. The van der Waals surface area contributed by atoms with Crippen molar-refractivity contribution < 1.29 is 4.74 Å². The molecule has 0 aliphatic rings. The SMILES string of the molecule is CNC(Cc1ccsc1)c1ccc(Cl)c(OC)c1. The van der Waals surface area contributed by atoms with E-state index in [0.717, 1.165) is 12.2 Å². The molecule has 0 amide bonds. The van der Waals surface area contributed by atoms with Crippen LogP contribution in [0.3, 0.4) is 0 Å². The minimum atomic E-state index is 0.269. The van der Waals surface area contributed by atoms with Gasteiger partial charge in [-0.3, -0.25) is 0 Å². The number of halogens is 1. The van der Waals surface area contributed by atoms with E-state index in [1.807, 2.05) is 25.2 Å². The predicted octanol–water partition coefficient (Wildman–Crippen LogP) is 3.91. The summed E-state index contributed by atoms with van der Waals surface area (Å²) in [5.41, 5.74) is 2.53. The molecule has 1 N–H and O–H groups in total. The topological polar surface area (TPSA) is 21.3 Å². The van der Waals surface area contributed by atoms with Gasteiger partial charge in [0.05, 0.1) is 12.1 Å². The Morgan fingerprint density at radius 3 is 2.83 bits per heavy atom. The van der Waals surface area contributed by atoms with Crippen molar-refractivity contribution in [2.75, 3.05) is 14.2 Å². The van der Waals surface area contributed by atoms with Gasteiger partial charge in [0.1, 0.15) is 5.75 Å². The van der Waals surface area contributed by atoms with Crippen LogP contribution in [-0.4, -0.2) is 14.2 Å². The van der Waals surface area contributed by atoms with Gasteiger partial charge in [-0.15, -0.1) is 0 Å². The average Bonchev–Trinajstić information content (AvgIpc) is 2.89. The Balaban J connectivity index is 2.21. The fourth-order valence-corrected chi connectivity index (χ4v) is 2.80. The first-order chi connectivity index (χ1) is 8.74. The summed E-state index contributed by atoms with van der Waals surface area (Å²) in [6.07, 6.45) is 0.963. The van der Waals surface area contributed by atoms with Crippen molar-refractivity contribution in [2.24, 2.45) is 0 Å². The third-order valence-corrected chi connectivity index (χ3v) is 3.99. The fraction of sp³-hybridized carbons (Fsp3) is 0.286. The van der Waals surface area contributed by atoms with Crippen LogP contribution in [0.4, 0.5) is 0 Å². The lowest BCUT2D eigenvalue weighted by Crippen LogP contribution is -2.18. The van der Waals surface area contributed by atoms with Crippen molar-refractivity contribution in [2.45, 2.75) is 12.5 Å². The van der Waals surface area contributed by atoms with Crippen molar-refractivity contribution >= 4 is 22.9 Å². The molecule has 0 radical (unpaired) electrons. The van der Waals surface area contributed by atoms with Crippen LogP contribution >= 0.6 is 22.9 Å². The van der Waals surface area contributed by atoms with Crippen molar-refractivity contribution in [3.63, 3.8) is 0 Å². The maximum atomic E-state index is 6.04. The molecule has 0 aliphatic carbocycles. The van der Waals surface area contributed by atoms with E-state index in [2.05, 4.69) is 22.1 Å². The van der Waals surface area contributed by atoms with Crippen LogP contribution in [-0.2, 0) is 6.42 Å². The highest BCUT2D eigenvalue weighted by atomic mass is 35.5. The van der Waals surface area contributed by atoms with Crippen LogP contribution in [0.25, 0.3) is 0 Å². The van der Waals surface area contributed by atoms with E-state index in [9.17, 15) is 0 Å². The predicted molar refractivity (Wildman–Crippen MR) is 77.8 cm³/mol. The Morgan fingerprint density at radius 2 is 2.22 bits per heavy atom. The number of thiophene rings is 1. The van der Waals surface area contributed by atoms with E-state index in [1.165, 1.54) is 11.1 Å². The van der Waals surface area contributed by atoms with E-state index < -0.39 is 0 Å². The zero-order valence-corrected chi connectivity index (χ0v) is 12.0. The van der Waals surface area contributed by atoms with Gasteiger partial charge < -0.3 is 10.1 Å². The zero-order chi connectivity index (χ0) is 13.0. The van der Waals surface area contributed by atoms with E-state index >= 15 is 0 Å². The van der Waals surface area contributed by atoms with Crippen LogP contribution in [0.15, 0.2) is 35.0 Å². The molecule has 1 atom stereocenters. The Labute approximate surface area is 117 Å². The fourth-order valence-electron chi connectivity index (χ4n) is 1.92. The van der Waals surface area contributed by atoms with Gasteiger partial charge in [-0.05, 0) is 53.6 Å². The molecule has 2 aromatic rings. The lowest BCUT2D eigenvalue weighted by atomic mass is 10.0. The summed E-state index contributed by atoms with van der Waals surface area (Å²) < 4.78 is 5.26. The Bertz CT molecular complexity index is 499. The Morgan fingerprint density at radius 1 is 1.39 bits per heavy atom. The second-order valence-electron chi connectivity index (χ2n) is 4.07. The molecule has 1 aromatic carbocycles. The molecule has 18 heavy (non-hydrogen) atoms. The van der Waals surface area contributed by atoms with E-state index in [4.69, 9.17) is 16.3 Å². The summed E-state index contributed by atoms with van der Waals surface area (Å²) >= 11 is 7.77. The van der Waals surface area contributed by atoms with E-state index in [1.54, 1.807) is 18.4 Å². The quantitative estimate of drug-likeness (QED) is 0.897. The number of rotatable bonds is 5. The highest BCUT2D eigenvalue weighted by Crippen LogP contribution is 2.29. The first-order valence-corrected chi connectivity index (χ1v) is 7.08. The van der Waals surface area contributed by atoms with Gasteiger partial charge >= 0.3 is 0 Å². The number of benzene rings is 1. The maximum absolute atomic E-state index is 6.04. The summed E-state index contributed by atoms with van der Waals surface area (Å²) in [5.74, 6) is 0.722. The van der Waals surface area contributed by atoms with Crippen molar-refractivity contribution in [1.29, 1.82) is 0 Å². The minimum absolute atomic E-state index is 0.269. The number of hydrogen-bond donors (Lipinski definition) is 1. The highest BCUT2D eigenvalue weighted by molar-refractivity contribution is 7.07. The van der Waals surface area contributed by atoms with Crippen LogP contribution in [0.5, 0.6) is 5.75 Å². The Hall–Kier alpha value is -1.03. The summed E-state index contributed by atoms with van der Waals surface area (Å²) in [6, 6.07) is 8.34. The second-order valence-corrected chi connectivity index (χ2v) is 5.26. The normalized spacial score (nSPS) is 12.4. The molecule has 0 fully saturated rings. The molecular weight excluding hydrogens is 266 g/mol.